The quantitative estimate of drug-likeness (QED) is 0.588. The second-order valence-electron chi connectivity index (χ2n) is 6.81. The summed E-state index contributed by atoms with van der Waals surface area (Å²) < 4.78 is 12.9. The maximum Gasteiger partial charge on any atom is 0.326 e. The van der Waals surface area contributed by atoms with Gasteiger partial charge in [0.15, 0.2) is 6.29 Å². The van der Waals surface area contributed by atoms with E-state index >= 15 is 0 Å². The number of esters is 1. The van der Waals surface area contributed by atoms with Gasteiger partial charge < -0.3 is 14.0 Å². The first-order chi connectivity index (χ1) is 12.1. The summed E-state index contributed by atoms with van der Waals surface area (Å²) in [4.78, 5) is 23.7. The summed E-state index contributed by atoms with van der Waals surface area (Å²) in [5.74, 6) is 1.19. The molecule has 1 saturated carbocycles. The Balaban J connectivity index is 1.74. The van der Waals surface area contributed by atoms with E-state index in [1.807, 2.05) is 25.1 Å². The average Bonchev–Trinajstić information content (AvgIpc) is 2.94. The molecule has 3 rings (SSSR count). The summed E-state index contributed by atoms with van der Waals surface area (Å²) in [5, 5.41) is 0.792. The van der Waals surface area contributed by atoms with Gasteiger partial charge in [0.25, 0.3) is 0 Å². The van der Waals surface area contributed by atoms with Gasteiger partial charge in [-0.25, -0.2) is 0 Å². The van der Waals surface area contributed by atoms with Crippen molar-refractivity contribution in [1.82, 2.24) is 4.57 Å². The largest absolute Gasteiger partial charge is 0.494 e. The van der Waals surface area contributed by atoms with Gasteiger partial charge in [-0.1, -0.05) is 6.92 Å². The molecule has 1 aliphatic carbocycles. The number of ether oxygens (including phenoxy) is 2. The van der Waals surface area contributed by atoms with E-state index in [1.165, 1.54) is 0 Å². The lowest BCUT2D eigenvalue weighted by Crippen LogP contribution is -2.25. The number of hydrogen-bond acceptors (Lipinski definition) is 4. The van der Waals surface area contributed by atoms with Crippen molar-refractivity contribution in [2.45, 2.75) is 52.2 Å². The molecule has 1 aromatic heterocycles. The molecule has 0 atom stereocenters. The average molecular weight is 343 g/mol. The predicted molar refractivity (Wildman–Crippen MR) is 96.0 cm³/mol. The number of fused-ring (bicyclic) bond motifs is 1. The molecule has 0 unspecified atom stereocenters. The van der Waals surface area contributed by atoms with E-state index in [9.17, 15) is 9.59 Å². The highest BCUT2D eigenvalue weighted by atomic mass is 16.5. The van der Waals surface area contributed by atoms with Crippen molar-refractivity contribution in [3.63, 3.8) is 0 Å². The highest BCUT2D eigenvalue weighted by Crippen LogP contribution is 2.27. The first-order valence-electron chi connectivity index (χ1n) is 9.01. The lowest BCUT2D eigenvalue weighted by Gasteiger charge is -2.26. The van der Waals surface area contributed by atoms with E-state index in [2.05, 4.69) is 6.92 Å². The minimum absolute atomic E-state index is 0.0284. The molecule has 5 heteroatoms. The normalized spacial score (nSPS) is 20.4. The van der Waals surface area contributed by atoms with E-state index in [-0.39, 0.29) is 18.6 Å². The SMILES string of the molecule is CCOc1ccc2c(c1)c(C=O)cn2CC(=O)OC1CCC(C)CC1. The van der Waals surface area contributed by atoms with Crippen LogP contribution in [0.1, 0.15) is 49.9 Å². The minimum atomic E-state index is -0.247. The highest BCUT2D eigenvalue weighted by Gasteiger charge is 2.22. The third kappa shape index (κ3) is 4.03. The Kier molecular flexibility index (Phi) is 5.41. The summed E-state index contributed by atoms with van der Waals surface area (Å²) in [7, 11) is 0. The van der Waals surface area contributed by atoms with Gasteiger partial charge in [-0.15, -0.1) is 0 Å². The maximum absolute atomic E-state index is 12.3. The Hall–Kier alpha value is -2.30. The van der Waals surface area contributed by atoms with Crippen LogP contribution >= 0.6 is 0 Å². The number of carbonyl (C=O) groups excluding carboxylic acids is 2. The van der Waals surface area contributed by atoms with Crippen molar-refractivity contribution in [3.8, 4) is 5.75 Å². The van der Waals surface area contributed by atoms with Crippen molar-refractivity contribution in [3.05, 3.63) is 30.0 Å². The molecule has 0 saturated heterocycles. The standard InChI is InChI=1S/C20H25NO4/c1-3-24-17-8-9-19-18(10-17)15(13-22)11-21(19)12-20(23)25-16-6-4-14(2)5-7-16/h8-11,13-14,16H,3-7,12H2,1-2H3. The second-order valence-corrected chi connectivity index (χ2v) is 6.81. The molecule has 2 aromatic rings. The van der Waals surface area contributed by atoms with Crippen molar-refractivity contribution in [2.24, 2.45) is 5.92 Å². The van der Waals surface area contributed by atoms with Crippen LogP contribution in [-0.2, 0) is 16.1 Å². The van der Waals surface area contributed by atoms with Gasteiger partial charge in [-0.05, 0) is 56.7 Å². The van der Waals surface area contributed by atoms with E-state index in [0.717, 1.165) is 54.5 Å². The number of aldehydes is 1. The predicted octanol–water partition coefficient (Wildman–Crippen LogP) is 3.97. The molecule has 1 aromatic carbocycles. The number of rotatable bonds is 6. The van der Waals surface area contributed by atoms with Crippen molar-refractivity contribution in [2.75, 3.05) is 6.61 Å². The van der Waals surface area contributed by atoms with E-state index < -0.39 is 0 Å². The van der Waals surface area contributed by atoms with Crippen LogP contribution < -0.4 is 4.74 Å². The van der Waals surface area contributed by atoms with Crippen LogP contribution in [0.25, 0.3) is 10.9 Å². The molecule has 1 aliphatic rings. The monoisotopic (exact) mass is 343 g/mol. The summed E-state index contributed by atoms with van der Waals surface area (Å²) in [6.07, 6.45) is 6.65. The lowest BCUT2D eigenvalue weighted by molar-refractivity contribution is -0.151. The topological polar surface area (TPSA) is 57.5 Å². The number of nitrogens with zero attached hydrogens (tertiary/aromatic N) is 1. The molecular weight excluding hydrogens is 318 g/mol. The third-order valence-corrected chi connectivity index (χ3v) is 4.88. The van der Waals surface area contributed by atoms with Crippen LogP contribution in [0.2, 0.25) is 0 Å². The molecule has 25 heavy (non-hydrogen) atoms. The van der Waals surface area contributed by atoms with Gasteiger partial charge in [0.05, 0.1) is 6.61 Å². The van der Waals surface area contributed by atoms with Gasteiger partial charge in [0, 0.05) is 22.7 Å². The molecule has 0 aliphatic heterocycles. The van der Waals surface area contributed by atoms with Crippen LogP contribution in [0.5, 0.6) is 5.75 Å². The maximum atomic E-state index is 12.3. The van der Waals surface area contributed by atoms with Crippen LogP contribution in [0, 0.1) is 5.92 Å². The van der Waals surface area contributed by atoms with E-state index in [0.29, 0.717) is 12.2 Å². The minimum Gasteiger partial charge on any atom is -0.494 e. The Morgan fingerprint density at radius 1 is 1.28 bits per heavy atom. The van der Waals surface area contributed by atoms with Gasteiger partial charge in [0.2, 0.25) is 0 Å². The van der Waals surface area contributed by atoms with E-state index in [4.69, 9.17) is 9.47 Å². The number of carbonyl (C=O) groups is 2. The highest BCUT2D eigenvalue weighted by molar-refractivity contribution is 5.98. The summed E-state index contributed by atoms with van der Waals surface area (Å²) in [6.45, 7) is 4.83. The van der Waals surface area contributed by atoms with Crippen molar-refractivity contribution in [1.29, 1.82) is 0 Å². The van der Waals surface area contributed by atoms with Crippen LogP contribution in [0.4, 0.5) is 0 Å². The lowest BCUT2D eigenvalue weighted by atomic mass is 9.89. The Labute approximate surface area is 147 Å². The zero-order valence-electron chi connectivity index (χ0n) is 14.9. The van der Waals surface area contributed by atoms with Crippen LogP contribution in [-0.4, -0.2) is 29.5 Å². The molecule has 0 bridgehead atoms. The van der Waals surface area contributed by atoms with E-state index in [1.54, 1.807) is 10.8 Å². The fourth-order valence-electron chi connectivity index (χ4n) is 3.49. The van der Waals surface area contributed by atoms with Crippen molar-refractivity contribution < 1.29 is 19.1 Å². The Bertz CT molecular complexity index is 756. The second kappa shape index (κ2) is 7.72. The number of aromatic nitrogens is 1. The summed E-state index contributed by atoms with van der Waals surface area (Å²) >= 11 is 0. The summed E-state index contributed by atoms with van der Waals surface area (Å²) in [5.41, 5.74) is 1.38. The van der Waals surface area contributed by atoms with Gasteiger partial charge in [-0.3, -0.25) is 9.59 Å². The number of benzene rings is 1. The van der Waals surface area contributed by atoms with Gasteiger partial charge in [-0.2, -0.15) is 0 Å². The molecular formula is C20H25NO4. The summed E-state index contributed by atoms with van der Waals surface area (Å²) in [6, 6.07) is 5.57. The molecule has 0 N–H and O–H groups in total. The molecule has 0 spiro atoms. The molecule has 134 valence electrons. The van der Waals surface area contributed by atoms with Crippen LogP contribution in [0.15, 0.2) is 24.4 Å². The van der Waals surface area contributed by atoms with Gasteiger partial charge >= 0.3 is 5.97 Å². The first kappa shape index (κ1) is 17.5. The smallest absolute Gasteiger partial charge is 0.326 e. The first-order valence-corrected chi connectivity index (χ1v) is 9.01. The fraction of sp³-hybridized carbons (Fsp3) is 0.500. The molecule has 0 amide bonds. The van der Waals surface area contributed by atoms with Crippen LogP contribution in [0.3, 0.4) is 0 Å². The molecule has 1 heterocycles. The van der Waals surface area contributed by atoms with Gasteiger partial charge in [0.1, 0.15) is 18.4 Å². The van der Waals surface area contributed by atoms with Crippen molar-refractivity contribution >= 4 is 23.2 Å². The molecule has 0 radical (unpaired) electrons. The zero-order valence-corrected chi connectivity index (χ0v) is 14.9. The fourth-order valence-corrected chi connectivity index (χ4v) is 3.49. The Morgan fingerprint density at radius 2 is 2.04 bits per heavy atom. The number of hydrogen-bond donors (Lipinski definition) is 0. The zero-order chi connectivity index (χ0) is 17.8. The molecule has 5 nitrogen and oxygen atoms in total. The Morgan fingerprint density at radius 3 is 2.72 bits per heavy atom. The molecule has 1 fully saturated rings. The third-order valence-electron chi connectivity index (χ3n) is 4.88.